The second-order valence-corrected chi connectivity index (χ2v) is 5.94. The van der Waals surface area contributed by atoms with Crippen molar-refractivity contribution >= 4 is 11.9 Å². The molecule has 0 saturated heterocycles. The number of carbonyl (C=O) groups is 2. The zero-order valence-electron chi connectivity index (χ0n) is 12.8. The minimum absolute atomic E-state index is 0.160. The minimum Gasteiger partial charge on any atom is -0.491 e. The fourth-order valence-electron chi connectivity index (χ4n) is 2.91. The highest BCUT2D eigenvalue weighted by atomic mass is 16.5. The molecule has 0 bridgehead atoms. The van der Waals surface area contributed by atoms with Crippen molar-refractivity contribution in [2.75, 3.05) is 13.2 Å². The van der Waals surface area contributed by atoms with Crippen LogP contribution < -0.4 is 4.74 Å². The summed E-state index contributed by atoms with van der Waals surface area (Å²) in [6, 6.07) is 6.08. The molecule has 1 aliphatic carbocycles. The molecule has 0 spiro atoms. The van der Waals surface area contributed by atoms with E-state index in [9.17, 15) is 14.7 Å². The molecule has 24 heavy (non-hydrogen) atoms. The van der Waals surface area contributed by atoms with Gasteiger partial charge in [-0.25, -0.2) is 9.48 Å². The SMILES string of the molecule is O=C(O)C1c2ccccc2OCCN1C(=O)c1cn(C2CC2)nn1. The zero-order chi connectivity index (χ0) is 16.7. The summed E-state index contributed by atoms with van der Waals surface area (Å²) in [5.74, 6) is -1.06. The van der Waals surface area contributed by atoms with Crippen LogP contribution >= 0.6 is 0 Å². The third-order valence-corrected chi connectivity index (χ3v) is 4.26. The number of carbonyl (C=O) groups excluding carboxylic acids is 1. The van der Waals surface area contributed by atoms with Gasteiger partial charge in [-0.05, 0) is 18.9 Å². The number of para-hydroxylation sites is 1. The van der Waals surface area contributed by atoms with E-state index in [-0.39, 0.29) is 18.8 Å². The van der Waals surface area contributed by atoms with Gasteiger partial charge in [-0.2, -0.15) is 0 Å². The lowest BCUT2D eigenvalue weighted by molar-refractivity contribution is -0.142. The summed E-state index contributed by atoms with van der Waals surface area (Å²) in [6.07, 6.45) is 3.65. The summed E-state index contributed by atoms with van der Waals surface area (Å²) < 4.78 is 7.27. The first-order chi connectivity index (χ1) is 11.6. The number of hydrogen-bond acceptors (Lipinski definition) is 5. The second-order valence-electron chi connectivity index (χ2n) is 5.94. The van der Waals surface area contributed by atoms with E-state index in [2.05, 4.69) is 10.3 Å². The number of benzene rings is 1. The van der Waals surface area contributed by atoms with Crippen molar-refractivity contribution in [3.8, 4) is 5.75 Å². The third-order valence-electron chi connectivity index (χ3n) is 4.26. The number of nitrogens with zero attached hydrogens (tertiary/aromatic N) is 4. The maximum Gasteiger partial charge on any atom is 0.331 e. The normalized spacial score (nSPS) is 20.0. The van der Waals surface area contributed by atoms with E-state index < -0.39 is 17.9 Å². The van der Waals surface area contributed by atoms with Gasteiger partial charge in [0.05, 0.1) is 18.8 Å². The van der Waals surface area contributed by atoms with Crippen molar-refractivity contribution in [3.05, 3.63) is 41.7 Å². The van der Waals surface area contributed by atoms with Gasteiger partial charge in [-0.1, -0.05) is 23.4 Å². The molecule has 8 nitrogen and oxygen atoms in total. The molecular weight excluding hydrogens is 312 g/mol. The Balaban J connectivity index is 1.69. The summed E-state index contributed by atoms with van der Waals surface area (Å²) in [7, 11) is 0. The third kappa shape index (κ3) is 2.49. The largest absolute Gasteiger partial charge is 0.491 e. The Morgan fingerprint density at radius 1 is 1.25 bits per heavy atom. The summed E-state index contributed by atoms with van der Waals surface area (Å²) in [5, 5.41) is 17.6. The number of ether oxygens (including phenoxy) is 1. The molecule has 4 rings (SSSR count). The van der Waals surface area contributed by atoms with Crippen molar-refractivity contribution in [1.82, 2.24) is 19.9 Å². The molecule has 2 aliphatic rings. The van der Waals surface area contributed by atoms with Crippen LogP contribution in [0.3, 0.4) is 0 Å². The summed E-state index contributed by atoms with van der Waals surface area (Å²) in [4.78, 5) is 26.0. The summed E-state index contributed by atoms with van der Waals surface area (Å²) in [5.41, 5.74) is 0.623. The van der Waals surface area contributed by atoms with Crippen LogP contribution in [0.2, 0.25) is 0 Å². The molecule has 1 unspecified atom stereocenters. The molecule has 1 atom stereocenters. The average Bonchev–Trinajstić information content (AvgIpc) is 3.34. The van der Waals surface area contributed by atoms with Crippen LogP contribution in [0, 0.1) is 0 Å². The Hall–Kier alpha value is -2.90. The molecule has 1 aromatic carbocycles. The van der Waals surface area contributed by atoms with Crippen LogP contribution in [0.4, 0.5) is 0 Å². The zero-order valence-corrected chi connectivity index (χ0v) is 12.8. The molecule has 0 radical (unpaired) electrons. The molecule has 1 aromatic heterocycles. The van der Waals surface area contributed by atoms with Crippen LogP contribution in [0.15, 0.2) is 30.5 Å². The highest BCUT2D eigenvalue weighted by Gasteiger charge is 2.37. The molecule has 1 fully saturated rings. The van der Waals surface area contributed by atoms with Crippen LogP contribution in [0.1, 0.15) is 41.0 Å². The Labute approximate surface area is 137 Å². The van der Waals surface area contributed by atoms with Gasteiger partial charge in [0.15, 0.2) is 11.7 Å². The highest BCUT2D eigenvalue weighted by molar-refractivity contribution is 5.95. The Morgan fingerprint density at radius 2 is 2.04 bits per heavy atom. The molecule has 2 heterocycles. The standard InChI is InChI=1S/C16H16N4O4/c21-15(12-9-20(18-17-12)10-5-6-10)19-7-8-24-13-4-2-1-3-11(13)14(19)16(22)23/h1-4,9-10,14H,5-8H2,(H,22,23). The number of carboxylic acids is 1. The smallest absolute Gasteiger partial charge is 0.331 e. The first-order valence-corrected chi connectivity index (χ1v) is 7.82. The monoisotopic (exact) mass is 328 g/mol. The van der Waals surface area contributed by atoms with Crippen molar-refractivity contribution in [2.24, 2.45) is 0 Å². The van der Waals surface area contributed by atoms with Crippen LogP contribution in [-0.2, 0) is 4.79 Å². The molecule has 1 amide bonds. The van der Waals surface area contributed by atoms with Gasteiger partial charge in [-0.15, -0.1) is 5.10 Å². The predicted octanol–water partition coefficient (Wildman–Crippen LogP) is 1.27. The Bertz CT molecular complexity index is 799. The molecular formula is C16H16N4O4. The quantitative estimate of drug-likeness (QED) is 0.911. The fraction of sp³-hybridized carbons (Fsp3) is 0.375. The van der Waals surface area contributed by atoms with Gasteiger partial charge >= 0.3 is 5.97 Å². The van der Waals surface area contributed by atoms with Gasteiger partial charge in [-0.3, -0.25) is 4.79 Å². The van der Waals surface area contributed by atoms with E-state index in [1.165, 1.54) is 4.90 Å². The summed E-state index contributed by atoms with van der Waals surface area (Å²) >= 11 is 0. The van der Waals surface area contributed by atoms with E-state index in [1.807, 2.05) is 0 Å². The Kier molecular flexibility index (Phi) is 3.44. The van der Waals surface area contributed by atoms with E-state index in [0.717, 1.165) is 12.8 Å². The lowest BCUT2D eigenvalue weighted by Gasteiger charge is -2.25. The Morgan fingerprint density at radius 3 is 2.79 bits per heavy atom. The van der Waals surface area contributed by atoms with Gasteiger partial charge < -0.3 is 14.7 Å². The predicted molar refractivity (Wildman–Crippen MR) is 81.6 cm³/mol. The van der Waals surface area contributed by atoms with Crippen molar-refractivity contribution in [1.29, 1.82) is 0 Å². The van der Waals surface area contributed by atoms with Crippen molar-refractivity contribution in [3.63, 3.8) is 0 Å². The molecule has 8 heteroatoms. The van der Waals surface area contributed by atoms with Crippen LogP contribution in [0.25, 0.3) is 0 Å². The van der Waals surface area contributed by atoms with Gasteiger partial charge in [0, 0.05) is 5.56 Å². The van der Waals surface area contributed by atoms with Crippen LogP contribution in [0.5, 0.6) is 5.75 Å². The van der Waals surface area contributed by atoms with E-state index in [0.29, 0.717) is 17.4 Å². The molecule has 1 N–H and O–H groups in total. The van der Waals surface area contributed by atoms with Crippen molar-refractivity contribution in [2.45, 2.75) is 24.9 Å². The number of rotatable bonds is 3. The number of hydrogen-bond donors (Lipinski definition) is 1. The number of aliphatic carboxylic acids is 1. The lowest BCUT2D eigenvalue weighted by atomic mass is 10.0. The minimum atomic E-state index is -1.11. The molecule has 1 aliphatic heterocycles. The first-order valence-electron chi connectivity index (χ1n) is 7.82. The maximum absolute atomic E-state index is 12.8. The first kappa shape index (κ1) is 14.7. The number of amides is 1. The van der Waals surface area contributed by atoms with E-state index >= 15 is 0 Å². The molecule has 2 aromatic rings. The van der Waals surface area contributed by atoms with Gasteiger partial charge in [0.1, 0.15) is 12.4 Å². The van der Waals surface area contributed by atoms with Gasteiger partial charge in [0.2, 0.25) is 0 Å². The lowest BCUT2D eigenvalue weighted by Crippen LogP contribution is -2.40. The highest BCUT2D eigenvalue weighted by Crippen LogP contribution is 2.35. The molecule has 1 saturated carbocycles. The summed E-state index contributed by atoms with van der Waals surface area (Å²) in [6.45, 7) is 0.393. The van der Waals surface area contributed by atoms with E-state index in [1.54, 1.807) is 35.1 Å². The van der Waals surface area contributed by atoms with Crippen LogP contribution in [-0.4, -0.2) is 50.0 Å². The van der Waals surface area contributed by atoms with Gasteiger partial charge in [0.25, 0.3) is 5.91 Å². The number of fused-ring (bicyclic) bond motifs is 1. The number of aromatic nitrogens is 3. The maximum atomic E-state index is 12.8. The van der Waals surface area contributed by atoms with E-state index in [4.69, 9.17) is 4.74 Å². The average molecular weight is 328 g/mol. The number of carboxylic acid groups (broad SMARTS) is 1. The van der Waals surface area contributed by atoms with Crippen molar-refractivity contribution < 1.29 is 19.4 Å². The molecule has 124 valence electrons. The fourth-order valence-corrected chi connectivity index (χ4v) is 2.91. The second kappa shape index (κ2) is 5.63. The topological polar surface area (TPSA) is 97.6 Å².